The first-order valence-electron chi connectivity index (χ1n) is 6.61. The van der Waals surface area contributed by atoms with E-state index in [1.54, 1.807) is 0 Å². The van der Waals surface area contributed by atoms with E-state index in [2.05, 4.69) is 11.8 Å². The van der Waals surface area contributed by atoms with Crippen molar-refractivity contribution < 1.29 is 14.6 Å². The summed E-state index contributed by atoms with van der Waals surface area (Å²) < 4.78 is 4.92. The molecule has 4 nitrogen and oxygen atoms in total. The van der Waals surface area contributed by atoms with E-state index < -0.39 is 11.0 Å². The first kappa shape index (κ1) is 12.8. The van der Waals surface area contributed by atoms with Gasteiger partial charge in [0.2, 0.25) is 0 Å². The molecule has 2 fully saturated rings. The number of hydrogen-bond donors (Lipinski definition) is 1. The van der Waals surface area contributed by atoms with Gasteiger partial charge in [-0.1, -0.05) is 13.3 Å². The van der Waals surface area contributed by atoms with Crippen LogP contribution in [0.1, 0.15) is 39.0 Å². The lowest BCUT2D eigenvalue weighted by Crippen LogP contribution is -2.61. The van der Waals surface area contributed by atoms with Crippen molar-refractivity contribution in [2.45, 2.75) is 44.6 Å². The van der Waals surface area contributed by atoms with E-state index in [1.165, 1.54) is 7.11 Å². The predicted molar refractivity (Wildman–Crippen MR) is 64.6 cm³/mol. The van der Waals surface area contributed by atoms with Gasteiger partial charge in [0.1, 0.15) is 0 Å². The maximum Gasteiger partial charge on any atom is 0.314 e. The molecule has 0 aromatic rings. The molecule has 17 heavy (non-hydrogen) atoms. The Morgan fingerprint density at radius 2 is 1.88 bits per heavy atom. The molecule has 98 valence electrons. The summed E-state index contributed by atoms with van der Waals surface area (Å²) >= 11 is 0. The summed E-state index contributed by atoms with van der Waals surface area (Å²) in [5, 5.41) is 10.8. The quantitative estimate of drug-likeness (QED) is 0.754. The summed E-state index contributed by atoms with van der Waals surface area (Å²) in [4.78, 5) is 14.3. The van der Waals surface area contributed by atoms with Crippen LogP contribution in [0.5, 0.6) is 0 Å². The SMILES string of the molecule is CCN1CCC(O)(C2(C(=O)OC)CCC2)CC1. The fraction of sp³-hybridized carbons (Fsp3) is 0.923. The minimum Gasteiger partial charge on any atom is -0.469 e. The Morgan fingerprint density at radius 1 is 1.29 bits per heavy atom. The van der Waals surface area contributed by atoms with Gasteiger partial charge in [-0.15, -0.1) is 0 Å². The molecule has 1 saturated heterocycles. The summed E-state index contributed by atoms with van der Waals surface area (Å²) in [6.07, 6.45) is 3.96. The van der Waals surface area contributed by atoms with E-state index in [0.717, 1.165) is 38.9 Å². The van der Waals surface area contributed by atoms with Crippen molar-refractivity contribution in [3.63, 3.8) is 0 Å². The standard InChI is InChI=1S/C13H23NO3/c1-3-14-9-7-13(16,8-10-14)12(5-4-6-12)11(15)17-2/h16H,3-10H2,1-2H3. The van der Waals surface area contributed by atoms with E-state index in [0.29, 0.717) is 12.8 Å². The summed E-state index contributed by atoms with van der Waals surface area (Å²) in [5.74, 6) is -0.212. The number of carbonyl (C=O) groups excluding carboxylic acids is 1. The van der Waals surface area contributed by atoms with Crippen LogP contribution in [-0.4, -0.2) is 48.3 Å². The summed E-state index contributed by atoms with van der Waals surface area (Å²) in [5.41, 5.74) is -1.45. The van der Waals surface area contributed by atoms with Crippen molar-refractivity contribution in [3.05, 3.63) is 0 Å². The Kier molecular flexibility index (Phi) is 3.46. The van der Waals surface area contributed by atoms with Crippen molar-refractivity contribution in [2.24, 2.45) is 5.41 Å². The van der Waals surface area contributed by atoms with E-state index in [9.17, 15) is 9.90 Å². The molecule has 1 saturated carbocycles. The van der Waals surface area contributed by atoms with E-state index in [1.807, 2.05) is 0 Å². The zero-order valence-corrected chi connectivity index (χ0v) is 10.9. The third kappa shape index (κ3) is 1.87. The molecular formula is C13H23NO3. The third-order valence-electron chi connectivity index (χ3n) is 4.80. The van der Waals surface area contributed by atoms with Crippen LogP contribution in [-0.2, 0) is 9.53 Å². The highest BCUT2D eigenvalue weighted by molar-refractivity contribution is 5.79. The summed E-state index contributed by atoms with van der Waals surface area (Å²) in [6, 6.07) is 0. The Labute approximate surface area is 103 Å². The Morgan fingerprint density at radius 3 is 2.24 bits per heavy atom. The minimum absolute atomic E-state index is 0.212. The normalized spacial score (nSPS) is 27.2. The molecule has 1 heterocycles. The summed E-state index contributed by atoms with van der Waals surface area (Å²) in [6.45, 7) is 4.91. The largest absolute Gasteiger partial charge is 0.469 e. The lowest BCUT2D eigenvalue weighted by molar-refractivity contribution is -0.196. The molecular weight excluding hydrogens is 218 g/mol. The fourth-order valence-corrected chi connectivity index (χ4v) is 3.30. The van der Waals surface area contributed by atoms with Crippen LogP contribution in [0.3, 0.4) is 0 Å². The average molecular weight is 241 g/mol. The zero-order valence-electron chi connectivity index (χ0n) is 10.9. The molecule has 2 rings (SSSR count). The molecule has 0 radical (unpaired) electrons. The molecule has 0 atom stereocenters. The van der Waals surface area contributed by atoms with Crippen LogP contribution in [0, 0.1) is 5.41 Å². The molecule has 1 N–H and O–H groups in total. The molecule has 2 aliphatic rings. The number of esters is 1. The summed E-state index contributed by atoms with van der Waals surface area (Å²) in [7, 11) is 1.42. The highest BCUT2D eigenvalue weighted by Crippen LogP contribution is 2.53. The average Bonchev–Trinajstić information content (AvgIpc) is 2.28. The van der Waals surface area contributed by atoms with Gasteiger partial charge in [-0.25, -0.2) is 0 Å². The van der Waals surface area contributed by atoms with Crippen LogP contribution < -0.4 is 0 Å². The first-order valence-corrected chi connectivity index (χ1v) is 6.61. The molecule has 0 unspecified atom stereocenters. The number of aliphatic hydroxyl groups is 1. The number of rotatable bonds is 3. The van der Waals surface area contributed by atoms with Gasteiger partial charge in [0, 0.05) is 13.1 Å². The highest BCUT2D eigenvalue weighted by Gasteiger charge is 2.60. The third-order valence-corrected chi connectivity index (χ3v) is 4.80. The van der Waals surface area contributed by atoms with Gasteiger partial charge in [0.25, 0.3) is 0 Å². The van der Waals surface area contributed by atoms with Crippen LogP contribution >= 0.6 is 0 Å². The lowest BCUT2D eigenvalue weighted by Gasteiger charge is -2.53. The number of ether oxygens (including phenoxy) is 1. The molecule has 0 amide bonds. The second kappa shape index (κ2) is 4.58. The maximum atomic E-state index is 12.0. The Bertz CT molecular complexity index is 291. The monoisotopic (exact) mass is 241 g/mol. The van der Waals surface area contributed by atoms with Gasteiger partial charge in [-0.05, 0) is 32.2 Å². The lowest BCUT2D eigenvalue weighted by atomic mass is 9.56. The van der Waals surface area contributed by atoms with Gasteiger partial charge < -0.3 is 14.7 Å². The number of piperidine rings is 1. The van der Waals surface area contributed by atoms with Gasteiger partial charge in [-0.2, -0.15) is 0 Å². The van der Waals surface area contributed by atoms with Crippen LogP contribution in [0.15, 0.2) is 0 Å². The Balaban J connectivity index is 2.12. The number of hydrogen-bond acceptors (Lipinski definition) is 4. The molecule has 0 spiro atoms. The van der Waals surface area contributed by atoms with E-state index in [4.69, 9.17) is 4.74 Å². The minimum atomic E-state index is -0.843. The topological polar surface area (TPSA) is 49.8 Å². The highest BCUT2D eigenvalue weighted by atomic mass is 16.5. The number of carbonyl (C=O) groups is 1. The second-order valence-corrected chi connectivity index (χ2v) is 5.39. The molecule has 0 aromatic heterocycles. The molecule has 1 aliphatic carbocycles. The molecule has 0 bridgehead atoms. The second-order valence-electron chi connectivity index (χ2n) is 5.39. The number of likely N-dealkylation sites (tertiary alicyclic amines) is 1. The van der Waals surface area contributed by atoms with Crippen LogP contribution in [0.25, 0.3) is 0 Å². The smallest absolute Gasteiger partial charge is 0.314 e. The van der Waals surface area contributed by atoms with Crippen molar-refractivity contribution in [1.29, 1.82) is 0 Å². The number of methoxy groups -OCH3 is 1. The van der Waals surface area contributed by atoms with E-state index in [-0.39, 0.29) is 5.97 Å². The van der Waals surface area contributed by atoms with Crippen molar-refractivity contribution in [2.75, 3.05) is 26.7 Å². The fourth-order valence-electron chi connectivity index (χ4n) is 3.30. The van der Waals surface area contributed by atoms with Crippen molar-refractivity contribution in [1.82, 2.24) is 4.90 Å². The van der Waals surface area contributed by atoms with Crippen LogP contribution in [0.2, 0.25) is 0 Å². The van der Waals surface area contributed by atoms with Crippen LogP contribution in [0.4, 0.5) is 0 Å². The van der Waals surface area contributed by atoms with E-state index >= 15 is 0 Å². The first-order chi connectivity index (χ1) is 8.08. The Hall–Kier alpha value is -0.610. The molecule has 0 aromatic carbocycles. The molecule has 1 aliphatic heterocycles. The van der Waals surface area contributed by atoms with Gasteiger partial charge in [-0.3, -0.25) is 4.79 Å². The van der Waals surface area contributed by atoms with Gasteiger partial charge in [0.05, 0.1) is 18.1 Å². The maximum absolute atomic E-state index is 12.0. The zero-order chi connectivity index (χ0) is 12.5. The molecule has 4 heteroatoms. The van der Waals surface area contributed by atoms with Gasteiger partial charge in [0.15, 0.2) is 0 Å². The number of nitrogens with zero attached hydrogens (tertiary/aromatic N) is 1. The van der Waals surface area contributed by atoms with Crippen molar-refractivity contribution in [3.8, 4) is 0 Å². The van der Waals surface area contributed by atoms with Gasteiger partial charge >= 0.3 is 5.97 Å². The van der Waals surface area contributed by atoms with Crippen molar-refractivity contribution >= 4 is 5.97 Å². The predicted octanol–water partition coefficient (Wildman–Crippen LogP) is 1.18.